The summed E-state index contributed by atoms with van der Waals surface area (Å²) in [5.41, 5.74) is 10.6. The van der Waals surface area contributed by atoms with Crippen LogP contribution in [0.15, 0.2) is 102 Å². The second-order valence-electron chi connectivity index (χ2n) is 10.1. The summed E-state index contributed by atoms with van der Waals surface area (Å²) in [6.45, 7) is 4.71. The molecule has 0 fully saturated rings. The number of aromatic nitrogens is 2. The van der Waals surface area contributed by atoms with Gasteiger partial charge in [0.1, 0.15) is 5.52 Å². The van der Waals surface area contributed by atoms with Crippen molar-refractivity contribution in [2.75, 3.05) is 0 Å². The molecule has 7 aromatic rings. The molecule has 0 saturated carbocycles. The van der Waals surface area contributed by atoms with Crippen molar-refractivity contribution in [3.8, 4) is 16.8 Å². The second kappa shape index (κ2) is 6.39. The van der Waals surface area contributed by atoms with Gasteiger partial charge in [0.25, 0.3) is 0 Å². The SMILES string of the molecule is CC1(C)c2ccc3ccccc3c2-c2c1ccc1c2c2ccccc2n1-c1ccc2ncoc2c1. The first-order valence-electron chi connectivity index (χ1n) is 12.1. The minimum absolute atomic E-state index is 0.0646. The van der Waals surface area contributed by atoms with Crippen molar-refractivity contribution in [3.05, 3.63) is 109 Å². The van der Waals surface area contributed by atoms with Crippen molar-refractivity contribution in [1.29, 1.82) is 0 Å². The number of hydrogen-bond donors (Lipinski definition) is 0. The average molecular weight is 451 g/mol. The van der Waals surface area contributed by atoms with Crippen LogP contribution in [0.4, 0.5) is 0 Å². The minimum Gasteiger partial charge on any atom is -0.443 e. The van der Waals surface area contributed by atoms with Crippen LogP contribution in [-0.2, 0) is 5.41 Å². The lowest BCUT2D eigenvalue weighted by Gasteiger charge is -2.21. The lowest BCUT2D eigenvalue weighted by Crippen LogP contribution is -2.14. The van der Waals surface area contributed by atoms with Crippen LogP contribution in [0.2, 0.25) is 0 Å². The molecule has 3 heteroatoms. The summed E-state index contributed by atoms with van der Waals surface area (Å²) in [6.07, 6.45) is 1.51. The molecule has 0 unspecified atom stereocenters. The van der Waals surface area contributed by atoms with E-state index in [1.54, 1.807) is 0 Å². The molecule has 0 saturated heterocycles. The van der Waals surface area contributed by atoms with E-state index in [2.05, 4.69) is 108 Å². The largest absolute Gasteiger partial charge is 0.443 e. The molecule has 0 aliphatic heterocycles. The van der Waals surface area contributed by atoms with Gasteiger partial charge in [0, 0.05) is 22.3 Å². The van der Waals surface area contributed by atoms with Crippen molar-refractivity contribution < 1.29 is 4.42 Å². The zero-order valence-corrected chi connectivity index (χ0v) is 19.5. The highest BCUT2D eigenvalue weighted by Crippen LogP contribution is 2.55. The Balaban J connectivity index is 1.58. The number of rotatable bonds is 1. The number of hydrogen-bond acceptors (Lipinski definition) is 2. The summed E-state index contributed by atoms with van der Waals surface area (Å²) >= 11 is 0. The fraction of sp³-hybridized carbons (Fsp3) is 0.0938. The van der Waals surface area contributed by atoms with Gasteiger partial charge in [-0.3, -0.25) is 0 Å². The summed E-state index contributed by atoms with van der Waals surface area (Å²) in [4.78, 5) is 4.31. The Morgan fingerprint density at radius 3 is 2.40 bits per heavy atom. The molecule has 1 aliphatic rings. The first kappa shape index (κ1) is 19.0. The standard InChI is InChI=1S/C32H22N2O/c1-32(2)23-13-11-19-7-3-4-8-21(19)29(23)31-24(32)14-16-27-30(31)22-9-5-6-10-26(22)34(27)20-12-15-25-28(17-20)35-18-33-25/h3-18H,1-2H3. The maximum Gasteiger partial charge on any atom is 0.181 e. The Bertz CT molecular complexity index is 1990. The van der Waals surface area contributed by atoms with Gasteiger partial charge in [-0.2, -0.15) is 0 Å². The molecular weight excluding hydrogens is 428 g/mol. The van der Waals surface area contributed by atoms with Gasteiger partial charge in [0.2, 0.25) is 0 Å². The summed E-state index contributed by atoms with van der Waals surface area (Å²) in [5, 5.41) is 5.20. The molecule has 2 heterocycles. The quantitative estimate of drug-likeness (QED) is 0.251. The zero-order valence-electron chi connectivity index (χ0n) is 19.5. The third-order valence-corrected chi connectivity index (χ3v) is 7.94. The Kier molecular flexibility index (Phi) is 3.47. The second-order valence-corrected chi connectivity index (χ2v) is 10.1. The summed E-state index contributed by atoms with van der Waals surface area (Å²) in [5.74, 6) is 0. The number of fused-ring (bicyclic) bond motifs is 10. The Morgan fingerprint density at radius 1 is 0.714 bits per heavy atom. The normalized spacial score (nSPS) is 14.2. The topological polar surface area (TPSA) is 31.0 Å². The van der Waals surface area contributed by atoms with E-state index in [9.17, 15) is 0 Å². The molecule has 35 heavy (non-hydrogen) atoms. The van der Waals surface area contributed by atoms with Gasteiger partial charge in [-0.25, -0.2) is 4.98 Å². The van der Waals surface area contributed by atoms with Crippen molar-refractivity contribution in [2.45, 2.75) is 19.3 Å². The van der Waals surface area contributed by atoms with Crippen LogP contribution >= 0.6 is 0 Å². The van der Waals surface area contributed by atoms with Gasteiger partial charge in [-0.15, -0.1) is 0 Å². The third-order valence-electron chi connectivity index (χ3n) is 7.94. The maximum atomic E-state index is 5.65. The minimum atomic E-state index is -0.0646. The molecule has 0 atom stereocenters. The molecule has 0 bridgehead atoms. The summed E-state index contributed by atoms with van der Waals surface area (Å²) in [7, 11) is 0. The molecule has 0 spiro atoms. The van der Waals surface area contributed by atoms with Crippen molar-refractivity contribution in [3.63, 3.8) is 0 Å². The molecule has 3 nitrogen and oxygen atoms in total. The highest BCUT2D eigenvalue weighted by Gasteiger charge is 2.38. The first-order valence-corrected chi connectivity index (χ1v) is 12.1. The predicted molar refractivity (Wildman–Crippen MR) is 143 cm³/mol. The molecule has 0 amide bonds. The zero-order chi connectivity index (χ0) is 23.3. The van der Waals surface area contributed by atoms with Crippen LogP contribution in [0.5, 0.6) is 0 Å². The number of oxazole rings is 1. The maximum absolute atomic E-state index is 5.65. The van der Waals surface area contributed by atoms with Crippen LogP contribution in [0.1, 0.15) is 25.0 Å². The molecule has 0 N–H and O–H groups in total. The fourth-order valence-corrected chi connectivity index (χ4v) is 6.31. The molecular formula is C32H22N2O. The molecule has 8 rings (SSSR count). The van der Waals surface area contributed by atoms with Crippen molar-refractivity contribution in [2.24, 2.45) is 0 Å². The van der Waals surface area contributed by atoms with Crippen molar-refractivity contribution in [1.82, 2.24) is 9.55 Å². The number of para-hydroxylation sites is 1. The highest BCUT2D eigenvalue weighted by molar-refractivity contribution is 6.20. The highest BCUT2D eigenvalue weighted by atomic mass is 16.3. The van der Waals surface area contributed by atoms with Gasteiger partial charge < -0.3 is 8.98 Å². The van der Waals surface area contributed by atoms with E-state index in [0.29, 0.717) is 0 Å². The third kappa shape index (κ3) is 2.33. The van der Waals surface area contributed by atoms with Crippen LogP contribution < -0.4 is 0 Å². The van der Waals surface area contributed by atoms with E-state index < -0.39 is 0 Å². The van der Waals surface area contributed by atoms with E-state index in [-0.39, 0.29) is 5.41 Å². The molecule has 5 aromatic carbocycles. The molecule has 1 aliphatic carbocycles. The lowest BCUT2D eigenvalue weighted by molar-refractivity contribution is 0.602. The fourth-order valence-electron chi connectivity index (χ4n) is 6.31. The number of nitrogens with zero attached hydrogens (tertiary/aromatic N) is 2. The van der Waals surface area contributed by atoms with E-state index in [1.165, 1.54) is 61.2 Å². The van der Waals surface area contributed by atoms with Gasteiger partial charge in [0.05, 0.1) is 16.7 Å². The predicted octanol–water partition coefficient (Wildman–Crippen LogP) is 8.38. The van der Waals surface area contributed by atoms with Crippen molar-refractivity contribution >= 4 is 43.7 Å². The van der Waals surface area contributed by atoms with E-state index in [1.807, 2.05) is 6.07 Å². The summed E-state index contributed by atoms with van der Waals surface area (Å²) < 4.78 is 8.02. The number of benzene rings is 5. The van der Waals surface area contributed by atoms with E-state index in [0.717, 1.165) is 16.8 Å². The van der Waals surface area contributed by atoms with Gasteiger partial charge in [-0.1, -0.05) is 74.5 Å². The monoisotopic (exact) mass is 450 g/mol. The van der Waals surface area contributed by atoms with Crippen LogP contribution in [-0.4, -0.2) is 9.55 Å². The van der Waals surface area contributed by atoms with Crippen LogP contribution in [0, 0.1) is 0 Å². The Labute approximate surface area is 202 Å². The van der Waals surface area contributed by atoms with Gasteiger partial charge in [0.15, 0.2) is 12.0 Å². The molecule has 0 radical (unpaired) electrons. The Hall–Kier alpha value is -4.37. The molecule has 166 valence electrons. The summed E-state index contributed by atoms with van der Waals surface area (Å²) in [6, 6.07) is 33.0. The van der Waals surface area contributed by atoms with Gasteiger partial charge in [-0.05, 0) is 57.3 Å². The van der Waals surface area contributed by atoms with Crippen LogP contribution in [0.3, 0.4) is 0 Å². The first-order chi connectivity index (χ1) is 17.1. The lowest BCUT2D eigenvalue weighted by atomic mass is 9.82. The van der Waals surface area contributed by atoms with Crippen LogP contribution in [0.25, 0.3) is 60.5 Å². The average Bonchev–Trinajstić information content (AvgIpc) is 3.55. The smallest absolute Gasteiger partial charge is 0.181 e. The van der Waals surface area contributed by atoms with E-state index >= 15 is 0 Å². The van der Waals surface area contributed by atoms with Gasteiger partial charge >= 0.3 is 0 Å². The Morgan fingerprint density at radius 2 is 1.49 bits per heavy atom. The van der Waals surface area contributed by atoms with E-state index in [4.69, 9.17) is 4.42 Å². The molecule has 2 aromatic heterocycles.